The van der Waals surface area contributed by atoms with Gasteiger partial charge < -0.3 is 14.2 Å². The third-order valence-corrected chi connectivity index (χ3v) is 13.1. The van der Waals surface area contributed by atoms with Crippen molar-refractivity contribution in [2.45, 2.75) is 90.7 Å². The molecule has 0 amide bonds. The van der Waals surface area contributed by atoms with E-state index < -0.39 is 11.1 Å². The third kappa shape index (κ3) is 5.45. The molecule has 7 aromatic rings. The fraction of sp³-hybridized carbons (Fsp3) is 0.269. The number of aryl methyl sites for hydroxylation is 2. The van der Waals surface area contributed by atoms with Crippen molar-refractivity contribution in [1.29, 1.82) is 0 Å². The molecule has 6 heteroatoms. The molecule has 0 spiro atoms. The van der Waals surface area contributed by atoms with Crippen LogP contribution in [0.4, 0.5) is 17.1 Å². The molecule has 2 atom stereocenters. The van der Waals surface area contributed by atoms with Crippen molar-refractivity contribution < 1.29 is 25.8 Å². The van der Waals surface area contributed by atoms with Crippen LogP contribution in [0.15, 0.2) is 114 Å². The van der Waals surface area contributed by atoms with Gasteiger partial charge in [-0.3, -0.25) is 4.99 Å². The first kappa shape index (κ1) is 38.3. The molecule has 0 fully saturated rings. The molecule has 0 radical (unpaired) electrons. The summed E-state index contributed by atoms with van der Waals surface area (Å²) in [5.41, 5.74) is 12.8. The molecule has 2 aromatic heterocycles. The van der Waals surface area contributed by atoms with Gasteiger partial charge in [0.05, 0.1) is 5.54 Å². The van der Waals surface area contributed by atoms with Crippen LogP contribution in [-0.4, -0.2) is 21.0 Å². The Kier molecular flexibility index (Phi) is 8.66. The maximum absolute atomic E-state index is 7.12. The Morgan fingerprint density at radius 3 is 2.26 bits per heavy atom. The summed E-state index contributed by atoms with van der Waals surface area (Å²) in [7, 11) is 0. The molecule has 5 nitrogen and oxygen atoms in total. The van der Waals surface area contributed by atoms with Crippen LogP contribution in [0.1, 0.15) is 99.4 Å². The molecule has 0 unspecified atom stereocenters. The van der Waals surface area contributed by atoms with Gasteiger partial charge in [0.25, 0.3) is 0 Å². The predicted molar refractivity (Wildman–Crippen MR) is 235 cm³/mol. The van der Waals surface area contributed by atoms with E-state index in [9.17, 15) is 0 Å². The minimum absolute atomic E-state index is 0. The van der Waals surface area contributed by atoms with Crippen LogP contribution in [0.5, 0.6) is 0 Å². The molecule has 0 bridgehead atoms. The molecule has 4 heterocycles. The Labute approximate surface area is 356 Å². The zero-order chi connectivity index (χ0) is 39.6. The van der Waals surface area contributed by atoms with Gasteiger partial charge >= 0.3 is 21.1 Å². The number of ether oxygens (including phenoxy) is 1. The van der Waals surface area contributed by atoms with E-state index in [0.717, 1.165) is 68.0 Å². The minimum atomic E-state index is -0.646. The van der Waals surface area contributed by atoms with Gasteiger partial charge in [0.2, 0.25) is 0 Å². The summed E-state index contributed by atoms with van der Waals surface area (Å²) in [6, 6.07) is 43.1. The molecule has 10 rings (SSSR count). The second-order valence-corrected chi connectivity index (χ2v) is 18.2. The number of hydrogen-bond acceptors (Lipinski definition) is 4. The van der Waals surface area contributed by atoms with E-state index in [1.807, 2.05) is 6.20 Å². The third-order valence-electron chi connectivity index (χ3n) is 13.1. The monoisotopic (exact) mass is 939 g/mol. The maximum Gasteiger partial charge on any atom is 2.00 e. The number of hydrogen-bond donors (Lipinski definition) is 0. The van der Waals surface area contributed by atoms with Gasteiger partial charge in [0.15, 0.2) is 0 Å². The summed E-state index contributed by atoms with van der Waals surface area (Å²) in [5.74, 6) is 1.53. The number of nitrogens with zero attached hydrogens (tertiary/aromatic N) is 4. The normalized spacial score (nSPS) is 20.4. The Bertz CT molecular complexity index is 2890. The minimum Gasteiger partial charge on any atom is -0.508 e. The van der Waals surface area contributed by atoms with Crippen molar-refractivity contribution in [3.05, 3.63) is 166 Å². The molecule has 0 saturated carbocycles. The summed E-state index contributed by atoms with van der Waals surface area (Å²) >= 11 is 0. The number of fused-ring (bicyclic) bond motifs is 8. The summed E-state index contributed by atoms with van der Waals surface area (Å²) in [6.07, 6.45) is 7.16. The molecule has 2 aliphatic heterocycles. The first-order chi connectivity index (χ1) is 27.2. The molecule has 58 heavy (non-hydrogen) atoms. The van der Waals surface area contributed by atoms with Gasteiger partial charge in [-0.1, -0.05) is 138 Å². The predicted octanol–water partition coefficient (Wildman–Crippen LogP) is 12.7. The second-order valence-electron chi connectivity index (χ2n) is 18.2. The molecule has 0 N–H and O–H groups in total. The Balaban J connectivity index is 0.00000436. The van der Waals surface area contributed by atoms with Crippen LogP contribution < -0.4 is 4.90 Å². The zero-order valence-electron chi connectivity index (χ0n) is 34.7. The average Bonchev–Trinajstić information content (AvgIpc) is 3.61. The van der Waals surface area contributed by atoms with Crippen molar-refractivity contribution in [3.63, 3.8) is 0 Å². The molecule has 5 aromatic carbocycles. The molecule has 292 valence electrons. The number of pyridine rings is 1. The Morgan fingerprint density at radius 2 is 1.47 bits per heavy atom. The van der Waals surface area contributed by atoms with Crippen molar-refractivity contribution in [3.8, 4) is 5.82 Å². The van der Waals surface area contributed by atoms with E-state index in [-0.39, 0.29) is 31.9 Å². The van der Waals surface area contributed by atoms with Gasteiger partial charge in [-0.15, -0.1) is 40.3 Å². The van der Waals surface area contributed by atoms with E-state index >= 15 is 0 Å². The average molecular weight is 940 g/mol. The van der Waals surface area contributed by atoms with Gasteiger partial charge in [0, 0.05) is 23.0 Å². The number of anilines is 3. The van der Waals surface area contributed by atoms with E-state index in [1.54, 1.807) is 0 Å². The number of aliphatic imine (C=N–C) groups is 1. The van der Waals surface area contributed by atoms with E-state index in [1.165, 1.54) is 27.6 Å². The topological polar surface area (TPSA) is 42.7 Å². The van der Waals surface area contributed by atoms with Crippen molar-refractivity contribution in [2.75, 3.05) is 4.90 Å². The van der Waals surface area contributed by atoms with Crippen LogP contribution in [0.3, 0.4) is 0 Å². The molecular weight excluding hydrogens is 892 g/mol. The molecule has 1 aliphatic carbocycles. The summed E-state index contributed by atoms with van der Waals surface area (Å²) in [5, 5.41) is 2.34. The summed E-state index contributed by atoms with van der Waals surface area (Å²) < 4.78 is 9.41. The first-order valence-electron chi connectivity index (χ1n) is 20.1. The quantitative estimate of drug-likeness (QED) is 0.166. The number of rotatable bonds is 3. The second kappa shape index (κ2) is 13.1. The van der Waals surface area contributed by atoms with Gasteiger partial charge in [-0.05, 0) is 83.1 Å². The Morgan fingerprint density at radius 1 is 0.741 bits per heavy atom. The number of aromatic nitrogens is 2. The number of para-hydroxylation sites is 2. The van der Waals surface area contributed by atoms with Crippen LogP contribution in [0, 0.1) is 26.0 Å². The van der Waals surface area contributed by atoms with E-state index in [2.05, 4.69) is 193 Å². The molecule has 3 aliphatic rings. The van der Waals surface area contributed by atoms with Gasteiger partial charge in [-0.25, -0.2) is 4.98 Å². The van der Waals surface area contributed by atoms with Crippen LogP contribution in [0.25, 0.3) is 33.7 Å². The first-order valence-corrected chi connectivity index (χ1v) is 20.1. The SMILES string of the molecule is Cc1cc(C)c(N2c3[c-]c4c(cc3C(C)(C)c3ccccc32)c2ccccc2n4-c2cc(C(C)(C)C)ccn2)[c-]c1C1=N[C@]2(C)CC=Cc3ccccc3[C@]2(C)O1.[Pt+2]. The van der Waals surface area contributed by atoms with Crippen LogP contribution in [-0.2, 0) is 42.2 Å². The fourth-order valence-corrected chi connectivity index (χ4v) is 9.60. The standard InChI is InChI=1S/C52H48N4O.Pt/c1-32-27-33(2)44(30-37(32)48-54-51(8)25-16-18-34-17-10-12-20-39(34)52(51,9)57-48)55-43-23-15-13-21-40(43)50(6,7)41-29-38-36-19-11-14-22-42(36)56(45(38)31-46(41)55)47-28-35(24-26-53-47)49(3,4)5;/h10-24,26-29H,25H2,1-9H3;/q-2;+2/t51-,52+;/m1./s1. The molecular formula is C52H48N4OPt. The van der Waals surface area contributed by atoms with Crippen LogP contribution >= 0.6 is 0 Å². The van der Waals surface area contributed by atoms with Crippen LogP contribution in [0.2, 0.25) is 0 Å². The van der Waals surface area contributed by atoms with Crippen molar-refractivity contribution >= 4 is 50.8 Å². The Hall–Kier alpha value is -5.25. The van der Waals surface area contributed by atoms with Gasteiger partial charge in [0.1, 0.15) is 17.3 Å². The van der Waals surface area contributed by atoms with Crippen molar-refractivity contribution in [2.24, 2.45) is 4.99 Å². The van der Waals surface area contributed by atoms with Crippen molar-refractivity contribution in [1.82, 2.24) is 9.55 Å². The largest absolute Gasteiger partial charge is 2.00 e. The van der Waals surface area contributed by atoms with E-state index in [0.29, 0.717) is 5.90 Å². The van der Waals surface area contributed by atoms with E-state index in [4.69, 9.17) is 14.7 Å². The molecule has 0 saturated heterocycles. The smallest absolute Gasteiger partial charge is 0.508 e. The number of benzene rings is 5. The summed E-state index contributed by atoms with van der Waals surface area (Å²) in [6.45, 7) is 20.2. The van der Waals surface area contributed by atoms with Gasteiger partial charge in [-0.2, -0.15) is 6.07 Å². The summed E-state index contributed by atoms with van der Waals surface area (Å²) in [4.78, 5) is 12.8. The fourth-order valence-electron chi connectivity index (χ4n) is 9.60. The zero-order valence-corrected chi connectivity index (χ0v) is 37.0. The maximum atomic E-state index is 7.12.